The Kier molecular flexibility index (Phi) is 4.99. The van der Waals surface area contributed by atoms with E-state index in [9.17, 15) is 9.59 Å². The molecule has 0 radical (unpaired) electrons. The molecule has 3 rings (SSSR count). The quantitative estimate of drug-likeness (QED) is 0.646. The molecule has 128 valence electrons. The Labute approximate surface area is 145 Å². The summed E-state index contributed by atoms with van der Waals surface area (Å²) < 4.78 is 2.08. The molecule has 0 saturated heterocycles. The predicted molar refractivity (Wildman–Crippen MR) is 98.0 cm³/mol. The van der Waals surface area contributed by atoms with E-state index in [1.807, 2.05) is 30.5 Å². The van der Waals surface area contributed by atoms with Crippen LogP contribution < -0.4 is 16.4 Å². The summed E-state index contributed by atoms with van der Waals surface area (Å²) in [6.45, 7) is 1.09. The molecule has 0 spiro atoms. The number of benzene rings is 2. The normalized spacial score (nSPS) is 10.6. The van der Waals surface area contributed by atoms with Crippen molar-refractivity contribution in [1.29, 1.82) is 0 Å². The van der Waals surface area contributed by atoms with Gasteiger partial charge in [-0.15, -0.1) is 0 Å². The molecule has 1 aromatic heterocycles. The molecule has 0 fully saturated rings. The second kappa shape index (κ2) is 7.53. The maximum absolute atomic E-state index is 12.1. The van der Waals surface area contributed by atoms with Crippen LogP contribution in [-0.4, -0.2) is 16.5 Å². The molecule has 0 saturated carbocycles. The lowest BCUT2D eigenvalue weighted by Gasteiger charge is -2.08. The summed E-state index contributed by atoms with van der Waals surface area (Å²) in [4.78, 5) is 22.8. The van der Waals surface area contributed by atoms with Gasteiger partial charge < -0.3 is 20.9 Å². The third kappa shape index (κ3) is 4.38. The first-order chi connectivity index (χ1) is 12.1. The maximum atomic E-state index is 12.1. The number of amides is 3. The Morgan fingerprint density at radius 3 is 2.52 bits per heavy atom. The van der Waals surface area contributed by atoms with Crippen molar-refractivity contribution in [2.75, 3.05) is 5.32 Å². The molecule has 0 atom stereocenters. The summed E-state index contributed by atoms with van der Waals surface area (Å²) in [5.41, 5.74) is 7.77. The van der Waals surface area contributed by atoms with Gasteiger partial charge in [0, 0.05) is 36.9 Å². The molecule has 0 bridgehead atoms. The van der Waals surface area contributed by atoms with Crippen molar-refractivity contribution in [3.05, 3.63) is 66.4 Å². The summed E-state index contributed by atoms with van der Waals surface area (Å²) in [6, 6.07) is 16.7. The van der Waals surface area contributed by atoms with Crippen LogP contribution in [0.25, 0.3) is 10.9 Å². The van der Waals surface area contributed by atoms with Crippen molar-refractivity contribution in [2.45, 2.75) is 19.5 Å². The number of anilines is 1. The van der Waals surface area contributed by atoms with Crippen LogP contribution in [0.4, 0.5) is 10.5 Å². The molecule has 0 unspecified atom stereocenters. The minimum atomic E-state index is -0.599. The lowest BCUT2D eigenvalue weighted by molar-refractivity contribution is -0.121. The number of rotatable bonds is 6. The number of primary amides is 1. The molecular formula is C19H20N4O2. The van der Waals surface area contributed by atoms with E-state index in [1.165, 1.54) is 5.39 Å². The Morgan fingerprint density at radius 2 is 1.76 bits per heavy atom. The van der Waals surface area contributed by atoms with E-state index in [0.717, 1.165) is 11.1 Å². The largest absolute Gasteiger partial charge is 0.352 e. The smallest absolute Gasteiger partial charge is 0.316 e. The Bertz CT molecular complexity index is 884. The highest BCUT2D eigenvalue weighted by molar-refractivity contribution is 5.87. The number of hydrogen-bond donors (Lipinski definition) is 3. The van der Waals surface area contributed by atoms with Gasteiger partial charge in [0.25, 0.3) is 0 Å². The Morgan fingerprint density at radius 1 is 1.00 bits per heavy atom. The van der Waals surface area contributed by atoms with Gasteiger partial charge in [-0.05, 0) is 35.2 Å². The predicted octanol–water partition coefficient (Wildman–Crippen LogP) is 2.84. The standard InChI is InChI=1S/C19H20N4O2/c20-19(25)22-16-7-5-14(6-8-16)13-21-18(24)10-12-23-11-9-15-3-1-2-4-17(15)23/h1-9,11H,10,12-13H2,(H,21,24)(H3,20,22,25). The Hall–Kier alpha value is -3.28. The van der Waals surface area contributed by atoms with Gasteiger partial charge in [-0.1, -0.05) is 30.3 Å². The maximum Gasteiger partial charge on any atom is 0.316 e. The van der Waals surface area contributed by atoms with Gasteiger partial charge in [-0.25, -0.2) is 4.79 Å². The van der Waals surface area contributed by atoms with Crippen LogP contribution in [0, 0.1) is 0 Å². The van der Waals surface area contributed by atoms with Crippen LogP contribution in [0.3, 0.4) is 0 Å². The molecule has 6 nitrogen and oxygen atoms in total. The highest BCUT2D eigenvalue weighted by Gasteiger charge is 2.05. The van der Waals surface area contributed by atoms with Crippen molar-refractivity contribution >= 4 is 28.5 Å². The molecule has 0 aliphatic heterocycles. The average Bonchev–Trinajstić information content (AvgIpc) is 3.02. The van der Waals surface area contributed by atoms with Crippen LogP contribution in [0.1, 0.15) is 12.0 Å². The molecular weight excluding hydrogens is 316 g/mol. The van der Waals surface area contributed by atoms with Gasteiger partial charge in [0.05, 0.1) is 0 Å². The molecule has 3 amide bonds. The van der Waals surface area contributed by atoms with Crippen LogP contribution in [0.5, 0.6) is 0 Å². The number of aryl methyl sites for hydroxylation is 1. The van der Waals surface area contributed by atoms with Crippen molar-refractivity contribution in [1.82, 2.24) is 9.88 Å². The van der Waals surface area contributed by atoms with E-state index < -0.39 is 6.03 Å². The number of carbonyl (C=O) groups is 2. The molecule has 25 heavy (non-hydrogen) atoms. The number of para-hydroxylation sites is 1. The highest BCUT2D eigenvalue weighted by atomic mass is 16.2. The zero-order valence-corrected chi connectivity index (χ0v) is 13.7. The number of urea groups is 1. The van der Waals surface area contributed by atoms with E-state index in [-0.39, 0.29) is 5.91 Å². The van der Waals surface area contributed by atoms with Gasteiger partial charge in [0.15, 0.2) is 0 Å². The fourth-order valence-electron chi connectivity index (χ4n) is 2.69. The molecule has 2 aromatic carbocycles. The second-order valence-electron chi connectivity index (χ2n) is 5.78. The topological polar surface area (TPSA) is 89.2 Å². The molecule has 0 aliphatic rings. The summed E-state index contributed by atoms with van der Waals surface area (Å²) >= 11 is 0. The van der Waals surface area contributed by atoms with Crippen LogP contribution >= 0.6 is 0 Å². The molecule has 6 heteroatoms. The first kappa shape index (κ1) is 16.6. The van der Waals surface area contributed by atoms with Crippen LogP contribution in [0.15, 0.2) is 60.8 Å². The summed E-state index contributed by atoms with van der Waals surface area (Å²) in [7, 11) is 0. The minimum absolute atomic E-state index is 0.00267. The number of aromatic nitrogens is 1. The van der Waals surface area contributed by atoms with Gasteiger partial charge in [-0.3, -0.25) is 4.79 Å². The van der Waals surface area contributed by atoms with Crippen molar-refractivity contribution in [3.8, 4) is 0 Å². The monoisotopic (exact) mass is 336 g/mol. The third-order valence-electron chi connectivity index (χ3n) is 3.97. The summed E-state index contributed by atoms with van der Waals surface area (Å²) in [6.07, 6.45) is 2.42. The minimum Gasteiger partial charge on any atom is -0.352 e. The molecule has 1 heterocycles. The van der Waals surface area contributed by atoms with Gasteiger partial charge in [0.1, 0.15) is 0 Å². The summed E-state index contributed by atoms with van der Waals surface area (Å²) in [5, 5.41) is 6.58. The van der Waals surface area contributed by atoms with E-state index >= 15 is 0 Å². The van der Waals surface area contributed by atoms with Crippen LogP contribution in [0.2, 0.25) is 0 Å². The van der Waals surface area contributed by atoms with Crippen molar-refractivity contribution in [3.63, 3.8) is 0 Å². The van der Waals surface area contributed by atoms with Crippen molar-refractivity contribution < 1.29 is 9.59 Å². The van der Waals surface area contributed by atoms with Gasteiger partial charge in [0.2, 0.25) is 5.91 Å². The van der Waals surface area contributed by atoms with Gasteiger partial charge in [-0.2, -0.15) is 0 Å². The number of fused-ring (bicyclic) bond motifs is 1. The zero-order valence-electron chi connectivity index (χ0n) is 13.7. The molecule has 0 aliphatic carbocycles. The van der Waals surface area contributed by atoms with E-state index in [2.05, 4.69) is 33.4 Å². The molecule has 3 aromatic rings. The fourth-order valence-corrected chi connectivity index (χ4v) is 2.69. The van der Waals surface area contributed by atoms with Gasteiger partial charge >= 0.3 is 6.03 Å². The summed E-state index contributed by atoms with van der Waals surface area (Å²) in [5.74, 6) is -0.00267. The highest BCUT2D eigenvalue weighted by Crippen LogP contribution is 2.15. The fraction of sp³-hybridized carbons (Fsp3) is 0.158. The number of carbonyl (C=O) groups excluding carboxylic acids is 2. The number of nitrogens with one attached hydrogen (secondary N) is 2. The van der Waals surface area contributed by atoms with E-state index in [1.54, 1.807) is 12.1 Å². The number of hydrogen-bond acceptors (Lipinski definition) is 2. The van der Waals surface area contributed by atoms with E-state index in [4.69, 9.17) is 5.73 Å². The number of nitrogens with two attached hydrogens (primary N) is 1. The lowest BCUT2D eigenvalue weighted by Crippen LogP contribution is -2.24. The second-order valence-corrected chi connectivity index (χ2v) is 5.78. The van der Waals surface area contributed by atoms with Crippen LogP contribution in [-0.2, 0) is 17.9 Å². The first-order valence-electron chi connectivity index (χ1n) is 8.08. The average molecular weight is 336 g/mol. The zero-order chi connectivity index (χ0) is 17.6. The third-order valence-corrected chi connectivity index (χ3v) is 3.97. The molecule has 4 N–H and O–H groups in total. The lowest BCUT2D eigenvalue weighted by atomic mass is 10.2. The van der Waals surface area contributed by atoms with E-state index in [0.29, 0.717) is 25.2 Å². The SMILES string of the molecule is NC(=O)Nc1ccc(CNC(=O)CCn2ccc3ccccc32)cc1. The number of nitrogens with zero attached hydrogens (tertiary/aromatic N) is 1. The Balaban J connectivity index is 1.49. The van der Waals surface area contributed by atoms with Crippen molar-refractivity contribution in [2.24, 2.45) is 5.73 Å². The first-order valence-corrected chi connectivity index (χ1v) is 8.08.